The number of amides is 1. The van der Waals surface area contributed by atoms with Gasteiger partial charge < -0.3 is 9.64 Å². The Labute approximate surface area is 142 Å². The molecule has 25 heavy (non-hydrogen) atoms. The molecule has 8 heteroatoms. The van der Waals surface area contributed by atoms with Crippen LogP contribution < -0.4 is 0 Å². The third-order valence-electron chi connectivity index (χ3n) is 3.98. The first-order valence-corrected chi connectivity index (χ1v) is 7.78. The zero-order valence-electron chi connectivity index (χ0n) is 13.5. The SMILES string of the molecule is Cc1ncc(-c2ccc(F)c(C(F)F)c2)nc1CN1CCCOC1=O. The van der Waals surface area contributed by atoms with E-state index in [0.29, 0.717) is 35.8 Å². The van der Waals surface area contributed by atoms with Crippen molar-refractivity contribution in [2.45, 2.75) is 26.3 Å². The summed E-state index contributed by atoms with van der Waals surface area (Å²) >= 11 is 0. The van der Waals surface area contributed by atoms with Gasteiger partial charge in [0.25, 0.3) is 6.43 Å². The summed E-state index contributed by atoms with van der Waals surface area (Å²) in [5.41, 5.74) is 1.16. The van der Waals surface area contributed by atoms with Crippen LogP contribution in [0.1, 0.15) is 29.8 Å². The fourth-order valence-electron chi connectivity index (χ4n) is 2.57. The highest BCUT2D eigenvalue weighted by Crippen LogP contribution is 2.27. The summed E-state index contributed by atoms with van der Waals surface area (Å²) in [4.78, 5) is 21.9. The Bertz CT molecular complexity index is 799. The first kappa shape index (κ1) is 17.2. The van der Waals surface area contributed by atoms with Gasteiger partial charge in [0.05, 0.1) is 42.0 Å². The van der Waals surface area contributed by atoms with E-state index in [-0.39, 0.29) is 6.54 Å². The van der Waals surface area contributed by atoms with Gasteiger partial charge in [-0.2, -0.15) is 0 Å². The maximum Gasteiger partial charge on any atom is 0.410 e. The highest BCUT2D eigenvalue weighted by Gasteiger charge is 2.22. The molecule has 0 unspecified atom stereocenters. The van der Waals surface area contributed by atoms with Crippen molar-refractivity contribution < 1.29 is 22.7 Å². The van der Waals surface area contributed by atoms with Crippen LogP contribution in [0.25, 0.3) is 11.3 Å². The van der Waals surface area contributed by atoms with E-state index in [1.165, 1.54) is 17.2 Å². The van der Waals surface area contributed by atoms with Crippen molar-refractivity contribution in [1.29, 1.82) is 0 Å². The minimum absolute atomic E-state index is 0.217. The number of alkyl halides is 2. The van der Waals surface area contributed by atoms with Crippen molar-refractivity contribution in [2.75, 3.05) is 13.2 Å². The molecule has 0 N–H and O–H groups in total. The Morgan fingerprint density at radius 2 is 2.16 bits per heavy atom. The standard InChI is InChI=1S/C17H16F3N3O2/c1-10-15(9-23-5-2-6-25-17(23)24)22-14(8-21-10)11-3-4-13(18)12(7-11)16(19)20/h3-4,7-8,16H,2,5-6,9H2,1H3. The van der Waals surface area contributed by atoms with Crippen LogP contribution in [0.2, 0.25) is 0 Å². The molecule has 3 rings (SSSR count). The second-order valence-electron chi connectivity index (χ2n) is 5.71. The Morgan fingerprint density at radius 3 is 2.88 bits per heavy atom. The molecule has 5 nitrogen and oxygen atoms in total. The molecule has 2 aromatic rings. The van der Waals surface area contributed by atoms with E-state index in [2.05, 4.69) is 9.97 Å². The van der Waals surface area contributed by atoms with Crippen molar-refractivity contribution in [2.24, 2.45) is 0 Å². The van der Waals surface area contributed by atoms with Gasteiger partial charge in [-0.15, -0.1) is 0 Å². The van der Waals surface area contributed by atoms with E-state index in [0.717, 1.165) is 18.6 Å². The minimum Gasteiger partial charge on any atom is -0.449 e. The molecule has 0 saturated carbocycles. The number of hydrogen-bond donors (Lipinski definition) is 0. The molecule has 1 saturated heterocycles. The molecular weight excluding hydrogens is 335 g/mol. The van der Waals surface area contributed by atoms with Crippen molar-refractivity contribution in [3.8, 4) is 11.3 Å². The number of cyclic esters (lactones) is 1. The normalized spacial score (nSPS) is 14.8. The molecule has 0 radical (unpaired) electrons. The number of carbonyl (C=O) groups excluding carboxylic acids is 1. The highest BCUT2D eigenvalue weighted by atomic mass is 19.3. The van der Waals surface area contributed by atoms with E-state index in [9.17, 15) is 18.0 Å². The fraction of sp³-hybridized carbons (Fsp3) is 0.353. The number of halogens is 3. The van der Waals surface area contributed by atoms with Gasteiger partial charge in [-0.3, -0.25) is 4.98 Å². The lowest BCUT2D eigenvalue weighted by molar-refractivity contribution is 0.0694. The molecule has 1 aliphatic heterocycles. The van der Waals surface area contributed by atoms with Gasteiger partial charge in [0, 0.05) is 12.1 Å². The topological polar surface area (TPSA) is 55.3 Å². The summed E-state index contributed by atoms with van der Waals surface area (Å²) in [6.45, 7) is 2.91. The number of carbonyl (C=O) groups is 1. The predicted molar refractivity (Wildman–Crippen MR) is 83.5 cm³/mol. The van der Waals surface area contributed by atoms with Gasteiger partial charge >= 0.3 is 6.09 Å². The van der Waals surface area contributed by atoms with E-state index in [1.54, 1.807) is 6.92 Å². The Morgan fingerprint density at radius 1 is 1.36 bits per heavy atom. The number of aromatic nitrogens is 2. The van der Waals surface area contributed by atoms with E-state index >= 15 is 0 Å². The molecular formula is C17H16F3N3O2. The second kappa shape index (κ2) is 7.08. The van der Waals surface area contributed by atoms with Crippen LogP contribution in [0.4, 0.5) is 18.0 Å². The Kier molecular flexibility index (Phi) is 4.87. The Balaban J connectivity index is 1.91. The minimum atomic E-state index is -2.92. The molecule has 1 aromatic heterocycles. The fourth-order valence-corrected chi connectivity index (χ4v) is 2.57. The van der Waals surface area contributed by atoms with Gasteiger partial charge in [0.1, 0.15) is 5.82 Å². The number of rotatable bonds is 4. The quantitative estimate of drug-likeness (QED) is 0.839. The lowest BCUT2D eigenvalue weighted by Gasteiger charge is -2.26. The average Bonchev–Trinajstić information content (AvgIpc) is 2.59. The number of ether oxygens (including phenoxy) is 1. The first-order chi connectivity index (χ1) is 12.0. The average molecular weight is 351 g/mol. The van der Waals surface area contributed by atoms with Crippen LogP contribution in [0, 0.1) is 12.7 Å². The molecule has 0 spiro atoms. The molecule has 0 atom stereocenters. The summed E-state index contributed by atoms with van der Waals surface area (Å²) in [6, 6.07) is 3.43. The Hall–Kier alpha value is -2.64. The van der Waals surface area contributed by atoms with Crippen molar-refractivity contribution in [3.05, 3.63) is 47.2 Å². The molecule has 1 aromatic carbocycles. The third-order valence-corrected chi connectivity index (χ3v) is 3.98. The smallest absolute Gasteiger partial charge is 0.410 e. The lowest BCUT2D eigenvalue weighted by Crippen LogP contribution is -2.37. The molecule has 1 fully saturated rings. The first-order valence-electron chi connectivity index (χ1n) is 7.78. The molecule has 1 amide bonds. The summed E-state index contributed by atoms with van der Waals surface area (Å²) in [5, 5.41) is 0. The number of aryl methyl sites for hydroxylation is 1. The van der Waals surface area contributed by atoms with Crippen molar-refractivity contribution in [1.82, 2.24) is 14.9 Å². The zero-order chi connectivity index (χ0) is 18.0. The maximum absolute atomic E-state index is 13.5. The predicted octanol–water partition coefficient (Wildman–Crippen LogP) is 3.87. The van der Waals surface area contributed by atoms with Gasteiger partial charge in [-0.1, -0.05) is 0 Å². The lowest BCUT2D eigenvalue weighted by atomic mass is 10.1. The number of benzene rings is 1. The summed E-state index contributed by atoms with van der Waals surface area (Å²) < 4.78 is 44.2. The van der Waals surface area contributed by atoms with Crippen LogP contribution in [-0.2, 0) is 11.3 Å². The van der Waals surface area contributed by atoms with Crippen LogP contribution >= 0.6 is 0 Å². The monoisotopic (exact) mass is 351 g/mol. The van der Waals surface area contributed by atoms with Crippen LogP contribution in [-0.4, -0.2) is 34.1 Å². The summed E-state index contributed by atoms with van der Waals surface area (Å²) in [5.74, 6) is -0.963. The van der Waals surface area contributed by atoms with Gasteiger partial charge in [0.2, 0.25) is 0 Å². The van der Waals surface area contributed by atoms with Gasteiger partial charge in [-0.25, -0.2) is 22.9 Å². The second-order valence-corrected chi connectivity index (χ2v) is 5.71. The van der Waals surface area contributed by atoms with Crippen LogP contribution in [0.3, 0.4) is 0 Å². The largest absolute Gasteiger partial charge is 0.449 e. The van der Waals surface area contributed by atoms with E-state index in [4.69, 9.17) is 4.74 Å². The third kappa shape index (κ3) is 3.72. The molecule has 0 aliphatic carbocycles. The van der Waals surface area contributed by atoms with Crippen LogP contribution in [0.15, 0.2) is 24.4 Å². The summed E-state index contributed by atoms with van der Waals surface area (Å²) in [6.07, 6.45) is -1.16. The van der Waals surface area contributed by atoms with Gasteiger partial charge in [0.15, 0.2) is 0 Å². The summed E-state index contributed by atoms with van der Waals surface area (Å²) in [7, 11) is 0. The number of nitrogens with zero attached hydrogens (tertiary/aromatic N) is 3. The molecule has 132 valence electrons. The van der Waals surface area contributed by atoms with Gasteiger partial charge in [-0.05, 0) is 31.5 Å². The van der Waals surface area contributed by atoms with E-state index < -0.39 is 23.9 Å². The molecule has 1 aliphatic rings. The maximum atomic E-state index is 13.5. The highest BCUT2D eigenvalue weighted by molar-refractivity contribution is 5.68. The number of hydrogen-bond acceptors (Lipinski definition) is 4. The van der Waals surface area contributed by atoms with Crippen LogP contribution in [0.5, 0.6) is 0 Å². The van der Waals surface area contributed by atoms with E-state index in [1.807, 2.05) is 0 Å². The molecule has 2 heterocycles. The zero-order valence-corrected chi connectivity index (χ0v) is 13.5. The van der Waals surface area contributed by atoms with Crippen molar-refractivity contribution >= 4 is 6.09 Å². The molecule has 0 bridgehead atoms. The van der Waals surface area contributed by atoms with Crippen molar-refractivity contribution in [3.63, 3.8) is 0 Å².